The number of nitrogens with zero attached hydrogens (tertiary/aromatic N) is 3. The second-order valence-corrected chi connectivity index (χ2v) is 11.4. The van der Waals surface area contributed by atoms with E-state index < -0.39 is 23.8 Å². The van der Waals surface area contributed by atoms with E-state index in [9.17, 15) is 29.1 Å². The molecule has 13 heteroatoms. The molecule has 0 radical (unpaired) electrons. The number of aliphatic carboxylic acids is 1. The summed E-state index contributed by atoms with van der Waals surface area (Å²) in [5.74, 6) is -2.03. The van der Waals surface area contributed by atoms with Gasteiger partial charge in [-0.25, -0.2) is 4.79 Å². The summed E-state index contributed by atoms with van der Waals surface area (Å²) in [5.41, 5.74) is 2.63. The third kappa shape index (κ3) is 14.6. The summed E-state index contributed by atoms with van der Waals surface area (Å²) >= 11 is 0. The molecule has 0 aromatic heterocycles. The van der Waals surface area contributed by atoms with Gasteiger partial charge in [0.15, 0.2) is 0 Å². The van der Waals surface area contributed by atoms with Gasteiger partial charge in [-0.05, 0) is 55.2 Å². The van der Waals surface area contributed by atoms with Crippen molar-refractivity contribution in [2.24, 2.45) is 5.92 Å². The SMILES string of the molecule is CC.Cc1ccccc1NC(=O)Nc1ccc(NC(=O)CN(CCC(C)C)C(=O)CN(CCC(=O)O)C(=O)CN2CCOCC2)cc1. The number of carbonyl (C=O) groups excluding carboxylic acids is 4. The van der Waals surface area contributed by atoms with E-state index in [-0.39, 0.29) is 44.4 Å². The van der Waals surface area contributed by atoms with Crippen molar-refractivity contribution in [2.75, 3.05) is 75.0 Å². The molecule has 4 N–H and O–H groups in total. The smallest absolute Gasteiger partial charge is 0.323 e. The van der Waals surface area contributed by atoms with Crippen LogP contribution in [-0.4, -0.2) is 109 Å². The van der Waals surface area contributed by atoms with Gasteiger partial charge in [0.25, 0.3) is 0 Å². The zero-order valence-electron chi connectivity index (χ0n) is 28.2. The Morgan fingerprint density at radius 3 is 2.02 bits per heavy atom. The fourth-order valence-electron chi connectivity index (χ4n) is 4.55. The topological polar surface area (TPSA) is 161 Å². The fourth-order valence-corrected chi connectivity index (χ4v) is 4.55. The van der Waals surface area contributed by atoms with Crippen LogP contribution in [0.1, 0.15) is 46.1 Å². The van der Waals surface area contributed by atoms with Gasteiger partial charge in [-0.2, -0.15) is 0 Å². The first-order valence-corrected chi connectivity index (χ1v) is 16.1. The second kappa shape index (κ2) is 20.6. The number of anilines is 3. The van der Waals surface area contributed by atoms with Crippen molar-refractivity contribution in [3.8, 4) is 0 Å². The molecule has 2 aromatic carbocycles. The number of aryl methyl sites for hydroxylation is 1. The molecule has 0 bridgehead atoms. The molecule has 1 heterocycles. The van der Waals surface area contributed by atoms with E-state index in [0.717, 1.165) is 5.56 Å². The Bertz CT molecular complexity index is 1310. The van der Waals surface area contributed by atoms with E-state index >= 15 is 0 Å². The molecule has 0 saturated carbocycles. The highest BCUT2D eigenvalue weighted by Gasteiger charge is 2.25. The minimum Gasteiger partial charge on any atom is -0.481 e. The number of morpholine rings is 1. The number of urea groups is 1. The molecule has 0 aliphatic carbocycles. The largest absolute Gasteiger partial charge is 0.481 e. The van der Waals surface area contributed by atoms with E-state index in [1.54, 1.807) is 30.3 Å². The lowest BCUT2D eigenvalue weighted by molar-refractivity contribution is -0.144. The zero-order valence-corrected chi connectivity index (χ0v) is 28.2. The minimum atomic E-state index is -1.07. The maximum atomic E-state index is 13.4. The highest BCUT2D eigenvalue weighted by Crippen LogP contribution is 2.17. The van der Waals surface area contributed by atoms with Gasteiger partial charge in [-0.1, -0.05) is 45.9 Å². The Balaban J connectivity index is 0.00000376. The predicted octanol–water partition coefficient (Wildman–Crippen LogP) is 4.11. The van der Waals surface area contributed by atoms with Gasteiger partial charge in [-0.3, -0.25) is 24.1 Å². The Morgan fingerprint density at radius 2 is 1.43 bits per heavy atom. The summed E-state index contributed by atoms with van der Waals surface area (Å²) in [5, 5.41) is 17.5. The van der Waals surface area contributed by atoms with E-state index in [1.165, 1.54) is 9.80 Å². The van der Waals surface area contributed by atoms with Gasteiger partial charge in [0.05, 0.1) is 39.3 Å². The number of rotatable bonds is 15. The van der Waals surface area contributed by atoms with Crippen molar-refractivity contribution < 1.29 is 33.8 Å². The maximum absolute atomic E-state index is 13.4. The third-order valence-corrected chi connectivity index (χ3v) is 7.22. The van der Waals surface area contributed by atoms with Crippen molar-refractivity contribution in [2.45, 2.75) is 47.5 Å². The number of para-hydroxylation sites is 1. The molecule has 0 spiro atoms. The number of hydrogen-bond donors (Lipinski definition) is 4. The first-order valence-electron chi connectivity index (χ1n) is 16.1. The number of carboxylic acid groups (broad SMARTS) is 1. The van der Waals surface area contributed by atoms with Crippen LogP contribution in [0.2, 0.25) is 0 Å². The monoisotopic (exact) mass is 654 g/mol. The number of nitrogens with one attached hydrogen (secondary N) is 3. The Morgan fingerprint density at radius 1 is 0.830 bits per heavy atom. The normalized spacial score (nSPS) is 12.7. The molecule has 1 saturated heterocycles. The summed E-state index contributed by atoms with van der Waals surface area (Å²) in [4.78, 5) is 67.7. The van der Waals surface area contributed by atoms with Crippen molar-refractivity contribution >= 4 is 46.8 Å². The number of carboxylic acids is 1. The summed E-state index contributed by atoms with van der Waals surface area (Å²) < 4.78 is 5.32. The lowest BCUT2D eigenvalue weighted by atomic mass is 10.1. The van der Waals surface area contributed by atoms with Crippen LogP contribution >= 0.6 is 0 Å². The maximum Gasteiger partial charge on any atom is 0.323 e. The van der Waals surface area contributed by atoms with Crippen LogP contribution in [0.5, 0.6) is 0 Å². The lowest BCUT2D eigenvalue weighted by Crippen LogP contribution is -2.50. The molecule has 47 heavy (non-hydrogen) atoms. The Kier molecular flexibility index (Phi) is 17.0. The highest BCUT2D eigenvalue weighted by atomic mass is 16.5. The lowest BCUT2D eigenvalue weighted by Gasteiger charge is -2.31. The van der Waals surface area contributed by atoms with Gasteiger partial charge in [0.1, 0.15) is 0 Å². The van der Waals surface area contributed by atoms with Crippen LogP contribution in [0.3, 0.4) is 0 Å². The van der Waals surface area contributed by atoms with Gasteiger partial charge >= 0.3 is 12.0 Å². The summed E-state index contributed by atoms with van der Waals surface area (Å²) in [6, 6.07) is 13.6. The van der Waals surface area contributed by atoms with Crippen molar-refractivity contribution in [1.82, 2.24) is 14.7 Å². The average molecular weight is 655 g/mol. The van der Waals surface area contributed by atoms with Crippen LogP contribution in [0.4, 0.5) is 21.9 Å². The number of carbonyl (C=O) groups is 5. The molecule has 0 atom stereocenters. The zero-order chi connectivity index (χ0) is 34.8. The molecular formula is C34H50N6O7. The van der Waals surface area contributed by atoms with Crippen LogP contribution < -0.4 is 16.0 Å². The standard InChI is InChI=1S/C32H44N6O7.C2H6/c1-23(2)12-14-37(30(41)22-38(15-13-31(42)43)29(40)21-36-16-18-45-19-17-36)20-28(39)33-25-8-10-26(11-9-25)34-32(44)35-27-7-5-4-6-24(27)3;1-2/h4-11,23H,12-22H2,1-3H3,(H,33,39)(H,42,43)(H2,34,35,44);1-2H3. The fraction of sp³-hybridized carbons (Fsp3) is 0.500. The molecule has 0 unspecified atom stereocenters. The molecule has 1 aliphatic heterocycles. The van der Waals surface area contributed by atoms with E-state index in [4.69, 9.17) is 4.74 Å². The number of ether oxygens (including phenoxy) is 1. The summed E-state index contributed by atoms with van der Waals surface area (Å²) in [7, 11) is 0. The van der Waals surface area contributed by atoms with E-state index in [1.807, 2.05) is 57.7 Å². The first kappa shape index (κ1) is 38.7. The summed E-state index contributed by atoms with van der Waals surface area (Å²) in [6.45, 7) is 11.7. The molecule has 1 fully saturated rings. The second-order valence-electron chi connectivity index (χ2n) is 11.4. The Hall–Kier alpha value is -4.49. The van der Waals surface area contributed by atoms with Gasteiger partial charge < -0.3 is 35.6 Å². The molecule has 258 valence electrons. The first-order chi connectivity index (χ1) is 22.5. The molecule has 13 nitrogen and oxygen atoms in total. The molecule has 3 rings (SSSR count). The minimum absolute atomic E-state index is 0.0567. The van der Waals surface area contributed by atoms with Crippen molar-refractivity contribution in [3.05, 3.63) is 54.1 Å². The van der Waals surface area contributed by atoms with Gasteiger partial charge in [-0.15, -0.1) is 0 Å². The van der Waals surface area contributed by atoms with Crippen molar-refractivity contribution in [1.29, 1.82) is 0 Å². The number of benzene rings is 2. The van der Waals surface area contributed by atoms with Gasteiger partial charge in [0, 0.05) is 43.2 Å². The summed E-state index contributed by atoms with van der Waals surface area (Å²) in [6.07, 6.45) is 0.341. The number of amides is 5. The predicted molar refractivity (Wildman–Crippen MR) is 182 cm³/mol. The quantitative estimate of drug-likeness (QED) is 0.223. The van der Waals surface area contributed by atoms with Crippen LogP contribution in [0.25, 0.3) is 0 Å². The van der Waals surface area contributed by atoms with Crippen LogP contribution in [-0.2, 0) is 23.9 Å². The van der Waals surface area contributed by atoms with E-state index in [0.29, 0.717) is 56.3 Å². The number of hydrogen-bond acceptors (Lipinski definition) is 7. The van der Waals surface area contributed by atoms with Crippen LogP contribution in [0, 0.1) is 12.8 Å². The average Bonchev–Trinajstić information content (AvgIpc) is 3.04. The molecule has 5 amide bonds. The van der Waals surface area contributed by atoms with Gasteiger partial charge in [0.2, 0.25) is 17.7 Å². The Labute approximate surface area is 277 Å². The van der Waals surface area contributed by atoms with E-state index in [2.05, 4.69) is 16.0 Å². The molecule has 1 aliphatic rings. The highest BCUT2D eigenvalue weighted by molar-refractivity contribution is 6.00. The molecule has 2 aromatic rings. The van der Waals surface area contributed by atoms with Crippen molar-refractivity contribution in [3.63, 3.8) is 0 Å². The molecular weight excluding hydrogens is 604 g/mol. The van der Waals surface area contributed by atoms with Crippen LogP contribution in [0.15, 0.2) is 48.5 Å². The third-order valence-electron chi connectivity index (χ3n) is 7.22.